The zero-order valence-corrected chi connectivity index (χ0v) is 15.6. The molecule has 2 aromatic carbocycles. The fraction of sp³-hybridized carbons (Fsp3) is 0.263. The molecule has 3 rings (SSSR count). The molecule has 0 aliphatic carbocycles. The smallest absolute Gasteiger partial charge is 0.310 e. The van der Waals surface area contributed by atoms with E-state index in [0.29, 0.717) is 4.31 Å². The number of carbonyl (C=O) groups is 2. The summed E-state index contributed by atoms with van der Waals surface area (Å²) in [5, 5.41) is 0. The van der Waals surface area contributed by atoms with Crippen LogP contribution in [0.1, 0.15) is 18.1 Å². The van der Waals surface area contributed by atoms with Gasteiger partial charge >= 0.3 is 16.2 Å². The summed E-state index contributed by atoms with van der Waals surface area (Å²) in [6, 6.07) is 17.4. The van der Waals surface area contributed by atoms with Crippen molar-refractivity contribution in [1.29, 1.82) is 0 Å². The highest BCUT2D eigenvalue weighted by atomic mass is 32.2. The van der Waals surface area contributed by atoms with Crippen LogP contribution in [0.2, 0.25) is 0 Å². The SMILES string of the molecule is CC(=O)OCN1C(=O)C(Cc2ccccc2)N(Cc2ccccc2)S1(=O)=O. The Balaban J connectivity index is 1.93. The molecule has 1 heterocycles. The summed E-state index contributed by atoms with van der Waals surface area (Å²) < 4.78 is 32.5. The van der Waals surface area contributed by atoms with Crippen LogP contribution in [0.15, 0.2) is 60.7 Å². The van der Waals surface area contributed by atoms with Crippen molar-refractivity contribution in [1.82, 2.24) is 8.61 Å². The zero-order valence-electron chi connectivity index (χ0n) is 14.8. The fourth-order valence-electron chi connectivity index (χ4n) is 2.95. The second-order valence-corrected chi connectivity index (χ2v) is 8.00. The van der Waals surface area contributed by atoms with Gasteiger partial charge in [0.1, 0.15) is 6.04 Å². The molecule has 142 valence electrons. The average Bonchev–Trinajstić information content (AvgIpc) is 2.81. The first-order chi connectivity index (χ1) is 12.9. The van der Waals surface area contributed by atoms with E-state index < -0.39 is 34.9 Å². The first-order valence-electron chi connectivity index (χ1n) is 8.44. The molecular weight excluding hydrogens is 368 g/mol. The van der Waals surface area contributed by atoms with Gasteiger partial charge in [0.25, 0.3) is 5.91 Å². The van der Waals surface area contributed by atoms with Crippen LogP contribution in [0.3, 0.4) is 0 Å². The number of ether oxygens (including phenoxy) is 1. The molecule has 1 atom stereocenters. The van der Waals surface area contributed by atoms with Gasteiger partial charge in [0.15, 0.2) is 6.73 Å². The minimum atomic E-state index is -4.10. The molecule has 8 heteroatoms. The minimum absolute atomic E-state index is 0.0585. The number of benzene rings is 2. The summed E-state index contributed by atoms with van der Waals surface area (Å²) in [5.74, 6) is -1.25. The topological polar surface area (TPSA) is 84.0 Å². The number of nitrogens with zero attached hydrogens (tertiary/aromatic N) is 2. The van der Waals surface area contributed by atoms with Crippen LogP contribution >= 0.6 is 0 Å². The van der Waals surface area contributed by atoms with Gasteiger partial charge in [-0.3, -0.25) is 9.59 Å². The Morgan fingerprint density at radius 3 is 2.11 bits per heavy atom. The number of amides is 1. The van der Waals surface area contributed by atoms with E-state index in [9.17, 15) is 18.0 Å². The summed E-state index contributed by atoms with van der Waals surface area (Å²) in [5.41, 5.74) is 1.61. The molecule has 1 fully saturated rings. The van der Waals surface area contributed by atoms with Crippen LogP contribution in [0.4, 0.5) is 0 Å². The Morgan fingerprint density at radius 1 is 1.00 bits per heavy atom. The first-order valence-corrected chi connectivity index (χ1v) is 9.84. The van der Waals surface area contributed by atoms with Crippen LogP contribution in [0, 0.1) is 0 Å². The summed E-state index contributed by atoms with van der Waals surface area (Å²) in [6.45, 7) is 0.604. The maximum absolute atomic E-state index is 13.0. The van der Waals surface area contributed by atoms with Crippen LogP contribution in [-0.2, 0) is 37.5 Å². The lowest BCUT2D eigenvalue weighted by atomic mass is 10.0. The van der Waals surface area contributed by atoms with Gasteiger partial charge in [-0.2, -0.15) is 17.0 Å². The standard InChI is InChI=1S/C19H20N2O5S/c1-15(22)26-14-21-19(23)18(12-16-8-4-2-5-9-16)20(27(21,24)25)13-17-10-6-3-7-11-17/h2-11,18H,12-14H2,1H3. The van der Waals surface area contributed by atoms with Crippen molar-refractivity contribution in [2.75, 3.05) is 6.73 Å². The zero-order chi connectivity index (χ0) is 19.4. The molecule has 0 radical (unpaired) electrons. The predicted octanol–water partition coefficient (Wildman–Crippen LogP) is 1.71. The lowest BCUT2D eigenvalue weighted by Gasteiger charge is -2.21. The van der Waals surface area contributed by atoms with Crippen LogP contribution < -0.4 is 0 Å². The van der Waals surface area contributed by atoms with E-state index in [1.165, 1.54) is 4.31 Å². The molecule has 0 N–H and O–H groups in total. The number of carbonyl (C=O) groups excluding carboxylic acids is 2. The molecule has 0 spiro atoms. The molecule has 2 aromatic rings. The summed E-state index contributed by atoms with van der Waals surface area (Å²) in [4.78, 5) is 23.9. The van der Waals surface area contributed by atoms with Crippen molar-refractivity contribution in [2.24, 2.45) is 0 Å². The molecule has 0 saturated carbocycles. The van der Waals surface area contributed by atoms with Crippen molar-refractivity contribution in [3.8, 4) is 0 Å². The minimum Gasteiger partial charge on any atom is -0.443 e. The number of hydrogen-bond donors (Lipinski definition) is 0. The van der Waals surface area contributed by atoms with E-state index in [1.807, 2.05) is 48.5 Å². The summed E-state index contributed by atoms with van der Waals surface area (Å²) in [7, 11) is -4.10. The highest BCUT2D eigenvalue weighted by Crippen LogP contribution is 2.28. The van der Waals surface area contributed by atoms with Gasteiger partial charge in [-0.05, 0) is 17.5 Å². The molecule has 27 heavy (non-hydrogen) atoms. The van der Waals surface area contributed by atoms with Crippen molar-refractivity contribution < 1.29 is 22.7 Å². The highest BCUT2D eigenvalue weighted by Gasteiger charge is 2.50. The molecular formula is C19H20N2O5S. The summed E-state index contributed by atoms with van der Waals surface area (Å²) in [6.07, 6.45) is 0.238. The lowest BCUT2D eigenvalue weighted by molar-refractivity contribution is -0.146. The average molecular weight is 388 g/mol. The van der Waals surface area contributed by atoms with Gasteiger partial charge in [-0.15, -0.1) is 0 Å². The third-order valence-electron chi connectivity index (χ3n) is 4.29. The van der Waals surface area contributed by atoms with Crippen LogP contribution in [0.25, 0.3) is 0 Å². The molecule has 1 amide bonds. The molecule has 0 aromatic heterocycles. The normalized spacial score (nSPS) is 19.2. The van der Waals surface area contributed by atoms with Gasteiger partial charge in [0.05, 0.1) is 0 Å². The monoisotopic (exact) mass is 388 g/mol. The Labute approximate surface area is 158 Å². The van der Waals surface area contributed by atoms with Gasteiger partial charge in [0, 0.05) is 13.5 Å². The number of rotatable bonds is 6. The quantitative estimate of drug-likeness (QED) is 0.704. The van der Waals surface area contributed by atoms with Crippen LogP contribution in [-0.4, -0.2) is 41.7 Å². The van der Waals surface area contributed by atoms with Crippen molar-refractivity contribution in [2.45, 2.75) is 25.9 Å². The maximum Gasteiger partial charge on any atom is 0.310 e. The second kappa shape index (κ2) is 7.89. The van der Waals surface area contributed by atoms with Gasteiger partial charge in [0.2, 0.25) is 0 Å². The molecule has 1 saturated heterocycles. The Hall–Kier alpha value is -2.71. The van der Waals surface area contributed by atoms with E-state index in [2.05, 4.69) is 0 Å². The first kappa shape index (κ1) is 19.1. The number of hydrogen-bond acceptors (Lipinski definition) is 5. The molecule has 1 aliphatic heterocycles. The van der Waals surface area contributed by atoms with E-state index in [1.54, 1.807) is 12.1 Å². The Bertz CT molecular complexity index is 916. The van der Waals surface area contributed by atoms with Crippen LogP contribution in [0.5, 0.6) is 0 Å². The predicted molar refractivity (Wildman–Crippen MR) is 98.3 cm³/mol. The number of esters is 1. The van der Waals surface area contributed by atoms with E-state index >= 15 is 0 Å². The third kappa shape index (κ3) is 4.17. The highest BCUT2D eigenvalue weighted by molar-refractivity contribution is 7.87. The fourth-order valence-corrected chi connectivity index (χ4v) is 4.54. The molecule has 7 nitrogen and oxygen atoms in total. The van der Waals surface area contributed by atoms with E-state index in [-0.39, 0.29) is 13.0 Å². The van der Waals surface area contributed by atoms with Gasteiger partial charge in [-0.25, -0.2) is 0 Å². The van der Waals surface area contributed by atoms with E-state index in [4.69, 9.17) is 4.74 Å². The van der Waals surface area contributed by atoms with Gasteiger partial charge in [-0.1, -0.05) is 60.7 Å². The van der Waals surface area contributed by atoms with E-state index in [0.717, 1.165) is 18.1 Å². The van der Waals surface area contributed by atoms with Crippen molar-refractivity contribution in [3.63, 3.8) is 0 Å². The molecule has 0 bridgehead atoms. The van der Waals surface area contributed by atoms with Crippen molar-refractivity contribution in [3.05, 3.63) is 71.8 Å². The van der Waals surface area contributed by atoms with Gasteiger partial charge < -0.3 is 4.74 Å². The largest absolute Gasteiger partial charge is 0.443 e. The molecule has 1 aliphatic rings. The second-order valence-electron chi connectivity index (χ2n) is 6.20. The lowest BCUT2D eigenvalue weighted by Crippen LogP contribution is -2.37. The maximum atomic E-state index is 13.0. The molecule has 1 unspecified atom stereocenters. The summed E-state index contributed by atoms with van der Waals surface area (Å²) >= 11 is 0. The third-order valence-corrected chi connectivity index (χ3v) is 6.11. The van der Waals surface area contributed by atoms with Crippen molar-refractivity contribution >= 4 is 22.1 Å². The Kier molecular flexibility index (Phi) is 5.57. The Morgan fingerprint density at radius 2 is 1.56 bits per heavy atom.